The molecule has 1 unspecified atom stereocenters. The molecule has 0 aliphatic rings. The number of hydrogen-bond donors (Lipinski definition) is 1. The minimum absolute atomic E-state index is 0.0375. The first-order valence-electron chi connectivity index (χ1n) is 5.62. The molecule has 0 fully saturated rings. The van der Waals surface area contributed by atoms with E-state index in [2.05, 4.69) is 0 Å². The second-order valence-corrected chi connectivity index (χ2v) is 4.59. The SMILES string of the molecule is NC(Cc1cc(F)ccc1F)c1c(F)cccc1Cl. The average molecular weight is 286 g/mol. The van der Waals surface area contributed by atoms with Crippen LogP contribution in [0.4, 0.5) is 13.2 Å². The van der Waals surface area contributed by atoms with Crippen LogP contribution in [-0.2, 0) is 6.42 Å². The molecule has 0 spiro atoms. The smallest absolute Gasteiger partial charge is 0.129 e. The highest BCUT2D eigenvalue weighted by Crippen LogP contribution is 2.27. The lowest BCUT2D eigenvalue weighted by Gasteiger charge is -2.15. The molecule has 0 aromatic heterocycles. The molecule has 0 heterocycles. The van der Waals surface area contributed by atoms with Crippen molar-refractivity contribution < 1.29 is 13.2 Å². The second kappa shape index (κ2) is 5.63. The molecule has 0 radical (unpaired) electrons. The summed E-state index contributed by atoms with van der Waals surface area (Å²) in [6.45, 7) is 0. The first-order chi connectivity index (χ1) is 8.99. The second-order valence-electron chi connectivity index (χ2n) is 4.18. The quantitative estimate of drug-likeness (QED) is 0.906. The molecule has 1 nitrogen and oxygen atoms in total. The van der Waals surface area contributed by atoms with E-state index in [4.69, 9.17) is 17.3 Å². The molecule has 0 amide bonds. The zero-order chi connectivity index (χ0) is 14.0. The number of nitrogens with two attached hydrogens (primary N) is 1. The van der Waals surface area contributed by atoms with Gasteiger partial charge in [0.05, 0.1) is 0 Å². The molecule has 0 aliphatic carbocycles. The fourth-order valence-corrected chi connectivity index (χ4v) is 2.21. The summed E-state index contributed by atoms with van der Waals surface area (Å²) in [7, 11) is 0. The van der Waals surface area contributed by atoms with Gasteiger partial charge in [-0.05, 0) is 42.3 Å². The van der Waals surface area contributed by atoms with Crippen LogP contribution in [0.1, 0.15) is 17.2 Å². The first-order valence-corrected chi connectivity index (χ1v) is 6.00. The zero-order valence-corrected chi connectivity index (χ0v) is 10.6. The third-order valence-electron chi connectivity index (χ3n) is 2.82. The Kier molecular flexibility index (Phi) is 4.12. The summed E-state index contributed by atoms with van der Waals surface area (Å²) in [5.41, 5.74) is 6.03. The highest BCUT2D eigenvalue weighted by molar-refractivity contribution is 6.31. The molecule has 1 atom stereocenters. The lowest BCUT2D eigenvalue weighted by molar-refractivity contribution is 0.555. The summed E-state index contributed by atoms with van der Waals surface area (Å²) in [4.78, 5) is 0. The molecule has 100 valence electrons. The fourth-order valence-electron chi connectivity index (χ4n) is 1.90. The zero-order valence-electron chi connectivity index (χ0n) is 9.84. The Bertz CT molecular complexity index is 581. The molecule has 2 rings (SSSR count). The van der Waals surface area contributed by atoms with E-state index in [0.29, 0.717) is 0 Å². The van der Waals surface area contributed by atoms with Crippen LogP contribution in [0.2, 0.25) is 5.02 Å². The lowest BCUT2D eigenvalue weighted by Crippen LogP contribution is -2.16. The molecule has 5 heteroatoms. The Balaban J connectivity index is 2.31. The highest BCUT2D eigenvalue weighted by atomic mass is 35.5. The molecule has 2 N–H and O–H groups in total. The summed E-state index contributed by atoms with van der Waals surface area (Å²) < 4.78 is 40.2. The molecule has 0 bridgehead atoms. The summed E-state index contributed by atoms with van der Waals surface area (Å²) in [6, 6.07) is 6.41. The number of benzene rings is 2. The molecule has 0 saturated carbocycles. The Morgan fingerprint density at radius 2 is 1.79 bits per heavy atom. The molecule has 0 aliphatic heterocycles. The van der Waals surface area contributed by atoms with Crippen molar-refractivity contribution in [1.82, 2.24) is 0 Å². The van der Waals surface area contributed by atoms with Gasteiger partial charge in [0, 0.05) is 16.6 Å². The third kappa shape index (κ3) is 3.08. The van der Waals surface area contributed by atoms with Crippen molar-refractivity contribution in [1.29, 1.82) is 0 Å². The van der Waals surface area contributed by atoms with Crippen LogP contribution in [0, 0.1) is 17.5 Å². The molecule has 2 aromatic carbocycles. The largest absolute Gasteiger partial charge is 0.324 e. The minimum atomic E-state index is -0.843. The lowest BCUT2D eigenvalue weighted by atomic mass is 9.98. The Labute approximate surface area is 113 Å². The summed E-state index contributed by atoms with van der Waals surface area (Å²) >= 11 is 5.87. The maximum atomic E-state index is 13.7. The van der Waals surface area contributed by atoms with E-state index in [9.17, 15) is 13.2 Å². The summed E-state index contributed by atoms with van der Waals surface area (Å²) in [5, 5.41) is 0.171. The van der Waals surface area contributed by atoms with Crippen molar-refractivity contribution in [3.05, 3.63) is 70.0 Å². The van der Waals surface area contributed by atoms with E-state index in [1.165, 1.54) is 18.2 Å². The van der Waals surface area contributed by atoms with Crippen molar-refractivity contribution >= 4 is 11.6 Å². The van der Waals surface area contributed by atoms with Crippen LogP contribution in [0.5, 0.6) is 0 Å². The van der Waals surface area contributed by atoms with Crippen LogP contribution < -0.4 is 5.73 Å². The van der Waals surface area contributed by atoms with E-state index in [1.807, 2.05) is 0 Å². The van der Waals surface area contributed by atoms with E-state index >= 15 is 0 Å². The van der Waals surface area contributed by atoms with Gasteiger partial charge in [-0.3, -0.25) is 0 Å². The fraction of sp³-hybridized carbons (Fsp3) is 0.143. The van der Waals surface area contributed by atoms with E-state index in [1.54, 1.807) is 0 Å². The Morgan fingerprint density at radius 1 is 1.05 bits per heavy atom. The van der Waals surface area contributed by atoms with Gasteiger partial charge >= 0.3 is 0 Å². The van der Waals surface area contributed by atoms with Gasteiger partial charge in [0.1, 0.15) is 17.5 Å². The van der Waals surface area contributed by atoms with Crippen molar-refractivity contribution in [3.63, 3.8) is 0 Å². The first kappa shape index (κ1) is 13.9. The average Bonchev–Trinajstić information content (AvgIpc) is 2.33. The van der Waals surface area contributed by atoms with Crippen LogP contribution in [0.3, 0.4) is 0 Å². The van der Waals surface area contributed by atoms with Gasteiger partial charge in [0.25, 0.3) is 0 Å². The topological polar surface area (TPSA) is 26.0 Å². The Hall–Kier alpha value is -1.52. The third-order valence-corrected chi connectivity index (χ3v) is 3.15. The van der Waals surface area contributed by atoms with Crippen LogP contribution in [-0.4, -0.2) is 0 Å². The van der Waals surface area contributed by atoms with Gasteiger partial charge < -0.3 is 5.73 Å². The van der Waals surface area contributed by atoms with Crippen molar-refractivity contribution in [2.75, 3.05) is 0 Å². The molecule has 0 saturated heterocycles. The van der Waals surface area contributed by atoms with E-state index in [0.717, 1.165) is 18.2 Å². The summed E-state index contributed by atoms with van der Waals surface area (Å²) in [6.07, 6.45) is -0.0375. The van der Waals surface area contributed by atoms with Crippen molar-refractivity contribution in [3.8, 4) is 0 Å². The van der Waals surface area contributed by atoms with Crippen LogP contribution >= 0.6 is 11.6 Å². The van der Waals surface area contributed by atoms with Crippen molar-refractivity contribution in [2.45, 2.75) is 12.5 Å². The van der Waals surface area contributed by atoms with Gasteiger partial charge in [0.15, 0.2) is 0 Å². The monoisotopic (exact) mass is 285 g/mol. The van der Waals surface area contributed by atoms with Gasteiger partial charge in [-0.25, -0.2) is 13.2 Å². The number of rotatable bonds is 3. The number of halogens is 4. The Morgan fingerprint density at radius 3 is 2.47 bits per heavy atom. The maximum absolute atomic E-state index is 13.7. The van der Waals surface area contributed by atoms with E-state index in [-0.39, 0.29) is 22.6 Å². The molecular weight excluding hydrogens is 275 g/mol. The predicted octanol–water partition coefficient (Wildman–Crippen LogP) is 4.00. The normalized spacial score (nSPS) is 12.5. The van der Waals surface area contributed by atoms with Gasteiger partial charge in [-0.15, -0.1) is 0 Å². The molecular formula is C14H11ClF3N. The molecule has 2 aromatic rings. The van der Waals surface area contributed by atoms with Crippen LogP contribution in [0.15, 0.2) is 36.4 Å². The molecule has 19 heavy (non-hydrogen) atoms. The van der Waals surface area contributed by atoms with Crippen molar-refractivity contribution in [2.24, 2.45) is 5.73 Å². The van der Waals surface area contributed by atoms with Gasteiger partial charge in [-0.1, -0.05) is 17.7 Å². The number of hydrogen-bond acceptors (Lipinski definition) is 1. The van der Waals surface area contributed by atoms with E-state index < -0.39 is 23.5 Å². The predicted molar refractivity (Wildman–Crippen MR) is 68.4 cm³/mol. The summed E-state index contributed by atoms with van der Waals surface area (Å²) in [5.74, 6) is -1.70. The van der Waals surface area contributed by atoms with Crippen LogP contribution in [0.25, 0.3) is 0 Å². The minimum Gasteiger partial charge on any atom is -0.324 e. The highest BCUT2D eigenvalue weighted by Gasteiger charge is 2.17. The standard InChI is InChI=1S/C14H11ClF3N/c15-10-2-1-3-12(18)14(10)13(19)7-8-6-9(16)4-5-11(8)17/h1-6,13H,7,19H2. The van der Waals surface area contributed by atoms with Gasteiger partial charge in [-0.2, -0.15) is 0 Å². The van der Waals surface area contributed by atoms with Gasteiger partial charge in [0.2, 0.25) is 0 Å². The maximum Gasteiger partial charge on any atom is 0.129 e.